The topological polar surface area (TPSA) is 34.1 Å². The molecule has 0 aromatic heterocycles. The minimum absolute atomic E-state index is 2.00. The summed E-state index contributed by atoms with van der Waals surface area (Å²) in [5, 5.41) is 0. The number of rotatable bonds is 0. The van der Waals surface area contributed by atoms with E-state index in [0.29, 0.717) is 0 Å². The van der Waals surface area contributed by atoms with Gasteiger partial charge in [0, 0.05) is 0 Å². The molecule has 0 fully saturated rings. The molecule has 0 rings (SSSR count). The molecule has 0 aliphatic carbocycles. The summed E-state index contributed by atoms with van der Waals surface area (Å²) in [7, 11) is 0. The number of hydrogen-bond acceptors (Lipinski definition) is 2. The zero-order valence-corrected chi connectivity index (χ0v) is 2.85. The maximum atomic E-state index is 8.00. The van der Waals surface area contributed by atoms with Crippen LogP contribution < -0.4 is 0 Å². The van der Waals surface area contributed by atoms with E-state index in [-0.39, 0.29) is 0 Å². The summed E-state index contributed by atoms with van der Waals surface area (Å²) in [4.78, 5) is 7.75. The van der Waals surface area contributed by atoms with Crippen molar-refractivity contribution in [3.8, 4) is 0 Å². The number of carbonyl (C=O) groups excluding carboxylic acids is 1. The zero-order valence-electron chi connectivity index (χ0n) is 1.75. The van der Waals surface area contributed by atoms with Crippen LogP contribution in [0.1, 0.15) is 0 Å². The van der Waals surface area contributed by atoms with Gasteiger partial charge in [0.2, 0.25) is 0 Å². The third-order valence-corrected chi connectivity index (χ3v) is 0. The third kappa shape index (κ3) is 17600. The molecular weight excluding hydrogens is 99.9 g/mol. The zero-order chi connectivity index (χ0) is 4.00. The quantitative estimate of drug-likeness (QED) is 0.236. The average Bonchev–Trinajstić information content (AvgIpc) is 1.50. The van der Waals surface area contributed by atoms with Crippen molar-refractivity contribution in [1.29, 1.82) is 0 Å². The Balaban J connectivity index is 0. The van der Waals surface area contributed by atoms with Crippen LogP contribution >= 0.6 is 0 Å². The van der Waals surface area contributed by atoms with E-state index in [1.165, 1.54) is 0 Å². The second-order valence-electron chi connectivity index (χ2n) is 0. The normalized spacial score (nSPS) is 2.00. The summed E-state index contributed by atoms with van der Waals surface area (Å²) in [5.41, 5.74) is 0. The fraction of sp³-hybridized carbons (Fsp3) is 0. The van der Waals surface area contributed by atoms with Crippen LogP contribution in [0.15, 0.2) is 0 Å². The molecule has 0 spiro atoms. The fourth-order valence-corrected chi connectivity index (χ4v) is 0. The van der Waals surface area contributed by atoms with Gasteiger partial charge in [-0.15, -0.1) is 0 Å². The van der Waals surface area contributed by atoms with E-state index in [1.54, 1.807) is 0 Å². The molecule has 4 heavy (non-hydrogen) atoms. The number of hydrogen-bond donors (Lipinski definition) is 0. The van der Waals surface area contributed by atoms with Gasteiger partial charge in [-0.3, -0.25) is 6.79 Å². The summed E-state index contributed by atoms with van der Waals surface area (Å²) in [6, 6.07) is 0. The van der Waals surface area contributed by atoms with Crippen molar-refractivity contribution in [3.05, 3.63) is 0 Å². The molecule has 0 bridgehead atoms. The Hall–Kier alpha value is -0.0105. The molecule has 0 saturated heterocycles. The SMILES string of the molecule is [CH-]=O.[O]=[Fe+]. The summed E-state index contributed by atoms with van der Waals surface area (Å²) in [5.74, 6) is 0. The van der Waals surface area contributed by atoms with Gasteiger partial charge in [-0.25, -0.2) is 0 Å². The molecule has 2 nitrogen and oxygen atoms in total. The first-order valence-corrected chi connectivity index (χ1v) is 0.831. The Morgan fingerprint density at radius 2 is 1.25 bits per heavy atom. The molecule has 0 N–H and O–H groups in total. The van der Waals surface area contributed by atoms with E-state index in [0.717, 1.165) is 0 Å². The van der Waals surface area contributed by atoms with Gasteiger partial charge in [0.1, 0.15) is 0 Å². The summed E-state index contributed by atoms with van der Waals surface area (Å²) >= 11 is 2.00. The monoisotopic (exact) mass is 101 g/mol. The summed E-state index contributed by atoms with van der Waals surface area (Å²) in [6.07, 6.45) is 0. The van der Waals surface area contributed by atoms with Gasteiger partial charge < -0.3 is 4.79 Å². The van der Waals surface area contributed by atoms with Gasteiger partial charge in [-0.2, -0.15) is 0 Å². The molecule has 0 radical (unpaired) electrons. The van der Waals surface area contributed by atoms with Crippen LogP contribution in [0.25, 0.3) is 0 Å². The third-order valence-electron chi connectivity index (χ3n) is 0. The van der Waals surface area contributed by atoms with E-state index >= 15 is 0 Å². The van der Waals surface area contributed by atoms with Crippen molar-refractivity contribution in [3.63, 3.8) is 0 Å². The molecule has 0 aromatic carbocycles. The Kier molecular flexibility index (Phi) is 241000. The van der Waals surface area contributed by atoms with Crippen LogP contribution in [0.4, 0.5) is 0 Å². The molecule has 0 aromatic rings. The standard InChI is InChI=1S/CHO.Fe.O/c1-2;;/h1H;;/q-1;+1;. The van der Waals surface area contributed by atoms with Crippen LogP contribution in [-0.2, 0) is 24.6 Å². The van der Waals surface area contributed by atoms with Gasteiger partial charge in [0.25, 0.3) is 0 Å². The van der Waals surface area contributed by atoms with E-state index in [1.807, 2.05) is 15.9 Å². The van der Waals surface area contributed by atoms with E-state index < -0.39 is 0 Å². The van der Waals surface area contributed by atoms with E-state index in [4.69, 9.17) is 8.63 Å². The maximum absolute atomic E-state index is 8.00. The summed E-state index contributed by atoms with van der Waals surface area (Å²) in [6.45, 7) is 3.25. The van der Waals surface area contributed by atoms with Crippen molar-refractivity contribution in [1.82, 2.24) is 0 Å². The van der Waals surface area contributed by atoms with Crippen molar-refractivity contribution in [2.45, 2.75) is 0 Å². The van der Waals surface area contributed by atoms with Crippen LogP contribution in [-0.4, -0.2) is 6.79 Å². The molecular formula is CHFeO2. The first-order chi connectivity index (χ1) is 2.00. The van der Waals surface area contributed by atoms with Crippen molar-refractivity contribution in [2.24, 2.45) is 0 Å². The Morgan fingerprint density at radius 1 is 1.25 bits per heavy atom. The Bertz CT molecular complexity index is 8.00. The van der Waals surface area contributed by atoms with Crippen molar-refractivity contribution < 1.29 is 24.6 Å². The molecule has 0 heterocycles. The van der Waals surface area contributed by atoms with Gasteiger partial charge >= 0.3 is 19.8 Å². The Labute approximate surface area is 32.2 Å². The molecule has 3 heteroatoms. The van der Waals surface area contributed by atoms with E-state index in [2.05, 4.69) is 6.79 Å². The van der Waals surface area contributed by atoms with Crippen LogP contribution in [0.2, 0.25) is 0 Å². The van der Waals surface area contributed by atoms with Gasteiger partial charge in [-0.1, -0.05) is 0 Å². The molecule has 25 valence electrons. The van der Waals surface area contributed by atoms with Crippen molar-refractivity contribution in [2.75, 3.05) is 0 Å². The average molecular weight is 101 g/mol. The van der Waals surface area contributed by atoms with Crippen LogP contribution in [0.5, 0.6) is 0 Å². The molecule has 0 saturated carbocycles. The van der Waals surface area contributed by atoms with E-state index in [9.17, 15) is 0 Å². The first-order valence-electron chi connectivity index (χ1n) is 0.380. The second kappa shape index (κ2) is 107000. The van der Waals surface area contributed by atoms with Crippen LogP contribution in [0, 0.1) is 0 Å². The summed E-state index contributed by atoms with van der Waals surface area (Å²) < 4.78 is 8.00. The van der Waals surface area contributed by atoms with Gasteiger partial charge in [-0.05, 0) is 0 Å². The molecule has 0 amide bonds. The van der Waals surface area contributed by atoms with Crippen molar-refractivity contribution >= 4 is 6.79 Å². The Morgan fingerprint density at radius 3 is 1.25 bits per heavy atom. The van der Waals surface area contributed by atoms with Gasteiger partial charge in [0.15, 0.2) is 0 Å². The fourth-order valence-electron chi connectivity index (χ4n) is 0. The van der Waals surface area contributed by atoms with Gasteiger partial charge in [0.05, 0.1) is 0 Å². The predicted octanol–water partition coefficient (Wildman–Crippen LogP) is -0.395. The minimum atomic E-state index is 2.00. The molecule has 0 unspecified atom stereocenters. The molecule has 0 aliphatic rings. The first kappa shape index (κ1) is 9.01. The molecule has 0 atom stereocenters. The predicted molar refractivity (Wildman–Crippen MR) is 7.44 cm³/mol. The second-order valence-corrected chi connectivity index (χ2v) is 0. The van der Waals surface area contributed by atoms with Crippen LogP contribution in [0.3, 0.4) is 0 Å². The molecule has 0 aliphatic heterocycles.